The number of ether oxygens (including phenoxy) is 2. The van der Waals surface area contributed by atoms with E-state index in [4.69, 9.17) is 9.47 Å². The average Bonchev–Trinajstić information content (AvgIpc) is 2.55. The molecule has 0 aliphatic carbocycles. The summed E-state index contributed by atoms with van der Waals surface area (Å²) in [6.45, 7) is 0.857. The maximum atomic E-state index is 12.1. The number of hydrogen-bond donors (Lipinski definition) is 1. The number of benzene rings is 1. The predicted molar refractivity (Wildman–Crippen MR) is 96.4 cm³/mol. The van der Waals surface area contributed by atoms with Gasteiger partial charge in [0.2, 0.25) is 15.9 Å². The van der Waals surface area contributed by atoms with E-state index in [1.165, 1.54) is 7.11 Å². The zero-order valence-electron chi connectivity index (χ0n) is 15.4. The molecule has 9 heteroatoms. The summed E-state index contributed by atoms with van der Waals surface area (Å²) >= 11 is 0. The monoisotopic (exact) mass is 373 g/mol. The minimum atomic E-state index is -3.45. The minimum Gasteiger partial charge on any atom is -0.493 e. The second-order valence-electron chi connectivity index (χ2n) is 5.87. The second kappa shape index (κ2) is 9.59. The number of sulfonamides is 1. The molecule has 0 bridgehead atoms. The normalized spacial score (nSPS) is 11.6. The molecule has 1 rings (SSSR count). The number of rotatable bonds is 10. The molecule has 1 aromatic rings. The number of amides is 1. The smallest absolute Gasteiger partial charge is 0.235 e. The standard InChI is InChI=1S/C16H27N3O5S/c1-18(2)8-9-19(25(5,21)22)12-16(20)17-11-13-6-7-14(23-3)15(10-13)24-4/h6-7,10H,8-9,11-12H2,1-5H3,(H,17,20). The van der Waals surface area contributed by atoms with Crippen LogP contribution < -0.4 is 14.8 Å². The molecule has 0 fully saturated rings. The van der Waals surface area contributed by atoms with Gasteiger partial charge in [-0.15, -0.1) is 0 Å². The van der Waals surface area contributed by atoms with Crippen LogP contribution in [0.4, 0.5) is 0 Å². The lowest BCUT2D eigenvalue weighted by molar-refractivity contribution is -0.121. The quantitative estimate of drug-likeness (QED) is 0.628. The van der Waals surface area contributed by atoms with Gasteiger partial charge < -0.3 is 19.7 Å². The van der Waals surface area contributed by atoms with Crippen molar-refractivity contribution in [3.8, 4) is 11.5 Å². The lowest BCUT2D eigenvalue weighted by atomic mass is 10.2. The Hall–Kier alpha value is -1.84. The van der Waals surface area contributed by atoms with Gasteiger partial charge in [-0.25, -0.2) is 8.42 Å². The summed E-state index contributed by atoms with van der Waals surface area (Å²) in [5.41, 5.74) is 0.824. The van der Waals surface area contributed by atoms with Crippen LogP contribution in [0.25, 0.3) is 0 Å². The average molecular weight is 373 g/mol. The number of carbonyl (C=O) groups is 1. The van der Waals surface area contributed by atoms with Crippen LogP contribution in [0, 0.1) is 0 Å². The van der Waals surface area contributed by atoms with Gasteiger partial charge in [0, 0.05) is 19.6 Å². The van der Waals surface area contributed by atoms with Crippen molar-refractivity contribution in [2.45, 2.75) is 6.54 Å². The van der Waals surface area contributed by atoms with E-state index < -0.39 is 10.0 Å². The van der Waals surface area contributed by atoms with Crippen LogP contribution in [0.3, 0.4) is 0 Å². The second-order valence-corrected chi connectivity index (χ2v) is 7.85. The largest absolute Gasteiger partial charge is 0.493 e. The molecular weight excluding hydrogens is 346 g/mol. The highest BCUT2D eigenvalue weighted by molar-refractivity contribution is 7.88. The summed E-state index contributed by atoms with van der Waals surface area (Å²) in [5.74, 6) is 0.807. The number of carbonyl (C=O) groups excluding carboxylic acids is 1. The van der Waals surface area contributed by atoms with Crippen LogP contribution in [0.2, 0.25) is 0 Å². The molecule has 0 unspecified atom stereocenters. The topological polar surface area (TPSA) is 88.2 Å². The van der Waals surface area contributed by atoms with Crippen LogP contribution in [0.5, 0.6) is 11.5 Å². The molecule has 0 atom stereocenters. The predicted octanol–water partition coefficient (Wildman–Crippen LogP) is 0.143. The van der Waals surface area contributed by atoms with Gasteiger partial charge in [-0.2, -0.15) is 4.31 Å². The van der Waals surface area contributed by atoms with Gasteiger partial charge in [0.15, 0.2) is 11.5 Å². The van der Waals surface area contributed by atoms with Gasteiger partial charge in [0.1, 0.15) is 0 Å². The molecule has 0 saturated carbocycles. The fourth-order valence-electron chi connectivity index (χ4n) is 2.08. The molecule has 142 valence electrons. The maximum absolute atomic E-state index is 12.1. The summed E-state index contributed by atoms with van der Waals surface area (Å²) < 4.78 is 35.2. The van der Waals surface area contributed by atoms with Gasteiger partial charge in [-0.3, -0.25) is 4.79 Å². The highest BCUT2D eigenvalue weighted by atomic mass is 32.2. The number of methoxy groups -OCH3 is 2. The number of nitrogens with one attached hydrogen (secondary N) is 1. The lowest BCUT2D eigenvalue weighted by Gasteiger charge is -2.21. The third-order valence-corrected chi connectivity index (χ3v) is 4.77. The Morgan fingerprint density at radius 2 is 1.76 bits per heavy atom. The van der Waals surface area contributed by atoms with Crippen LogP contribution in [-0.2, 0) is 21.4 Å². The maximum Gasteiger partial charge on any atom is 0.235 e. The van der Waals surface area contributed by atoms with Gasteiger partial charge in [0.05, 0.1) is 27.0 Å². The Balaban J connectivity index is 2.65. The first-order valence-corrected chi connectivity index (χ1v) is 9.59. The highest BCUT2D eigenvalue weighted by Crippen LogP contribution is 2.27. The Bertz CT molecular complexity index is 676. The van der Waals surface area contributed by atoms with Crippen molar-refractivity contribution in [3.63, 3.8) is 0 Å². The zero-order chi connectivity index (χ0) is 19.0. The van der Waals surface area contributed by atoms with Gasteiger partial charge >= 0.3 is 0 Å². The molecule has 1 amide bonds. The molecule has 25 heavy (non-hydrogen) atoms. The third kappa shape index (κ3) is 7.29. The molecule has 1 aromatic carbocycles. The lowest BCUT2D eigenvalue weighted by Crippen LogP contribution is -2.42. The van der Waals surface area contributed by atoms with Crippen LogP contribution in [0.1, 0.15) is 5.56 Å². The Kier molecular flexibility index (Phi) is 8.14. The molecule has 0 aromatic heterocycles. The Labute approximate surface area is 149 Å². The highest BCUT2D eigenvalue weighted by Gasteiger charge is 2.20. The van der Waals surface area contributed by atoms with E-state index in [9.17, 15) is 13.2 Å². The van der Waals surface area contributed by atoms with Crippen LogP contribution in [0.15, 0.2) is 18.2 Å². The van der Waals surface area contributed by atoms with Crippen molar-refractivity contribution < 1.29 is 22.7 Å². The minimum absolute atomic E-state index is 0.208. The molecule has 0 aliphatic heterocycles. The van der Waals surface area contributed by atoms with Gasteiger partial charge in [-0.1, -0.05) is 6.07 Å². The van der Waals surface area contributed by atoms with Crippen molar-refractivity contribution in [1.82, 2.24) is 14.5 Å². The molecule has 0 radical (unpaired) electrons. The Morgan fingerprint density at radius 1 is 1.12 bits per heavy atom. The van der Waals surface area contributed by atoms with E-state index in [0.29, 0.717) is 18.0 Å². The number of nitrogens with zero attached hydrogens (tertiary/aromatic N) is 2. The summed E-state index contributed by atoms with van der Waals surface area (Å²) in [6.07, 6.45) is 1.10. The van der Waals surface area contributed by atoms with E-state index in [1.807, 2.05) is 25.1 Å². The van der Waals surface area contributed by atoms with Gasteiger partial charge in [-0.05, 0) is 31.8 Å². The summed E-state index contributed by atoms with van der Waals surface area (Å²) in [7, 11) is 3.33. The molecule has 0 saturated heterocycles. The van der Waals surface area contributed by atoms with Crippen LogP contribution >= 0.6 is 0 Å². The first kappa shape index (κ1) is 21.2. The molecule has 8 nitrogen and oxygen atoms in total. The van der Waals surface area contributed by atoms with Crippen LogP contribution in [-0.4, -0.2) is 77.7 Å². The van der Waals surface area contributed by atoms with Crippen molar-refractivity contribution in [2.24, 2.45) is 0 Å². The summed E-state index contributed by atoms with van der Waals surface area (Å²) in [4.78, 5) is 14.0. The fourth-order valence-corrected chi connectivity index (χ4v) is 2.85. The van der Waals surface area contributed by atoms with E-state index in [0.717, 1.165) is 16.1 Å². The van der Waals surface area contributed by atoms with Crippen molar-refractivity contribution in [2.75, 3.05) is 54.2 Å². The van der Waals surface area contributed by atoms with E-state index >= 15 is 0 Å². The van der Waals surface area contributed by atoms with Crippen molar-refractivity contribution >= 4 is 15.9 Å². The van der Waals surface area contributed by atoms with Gasteiger partial charge in [0.25, 0.3) is 0 Å². The fraction of sp³-hybridized carbons (Fsp3) is 0.562. The first-order chi connectivity index (χ1) is 11.7. The Morgan fingerprint density at radius 3 is 2.28 bits per heavy atom. The van der Waals surface area contributed by atoms with Crippen molar-refractivity contribution in [3.05, 3.63) is 23.8 Å². The molecule has 1 N–H and O–H groups in total. The zero-order valence-corrected chi connectivity index (χ0v) is 16.2. The van der Waals surface area contributed by atoms with Crippen molar-refractivity contribution in [1.29, 1.82) is 0 Å². The van der Waals surface area contributed by atoms with E-state index in [1.54, 1.807) is 19.2 Å². The molecule has 0 aliphatic rings. The summed E-state index contributed by atoms with van der Waals surface area (Å²) in [5, 5.41) is 2.72. The van der Waals surface area contributed by atoms with E-state index in [-0.39, 0.29) is 25.5 Å². The molecule has 0 spiro atoms. The summed E-state index contributed by atoms with van der Waals surface area (Å²) in [6, 6.07) is 5.32. The SMILES string of the molecule is COc1ccc(CNC(=O)CN(CCN(C)C)S(C)(=O)=O)cc1OC. The first-order valence-electron chi connectivity index (χ1n) is 7.74. The van der Waals surface area contributed by atoms with E-state index in [2.05, 4.69) is 5.32 Å². The number of likely N-dealkylation sites (N-methyl/N-ethyl adjacent to an activating group) is 1. The molecule has 0 heterocycles. The third-order valence-electron chi connectivity index (χ3n) is 3.52. The molecular formula is C16H27N3O5S. The number of hydrogen-bond acceptors (Lipinski definition) is 6.